The summed E-state index contributed by atoms with van der Waals surface area (Å²) in [4.78, 5) is 4.58. The largest absolute Gasteiger partial charge is 0.309 e. The van der Waals surface area contributed by atoms with E-state index in [2.05, 4.69) is 75.6 Å². The molecule has 1 saturated carbocycles. The third-order valence-electron chi connectivity index (χ3n) is 3.99. The fourth-order valence-corrected chi connectivity index (χ4v) is 3.17. The second-order valence-electron chi connectivity index (χ2n) is 5.35. The predicted octanol–water partition coefficient (Wildman–Crippen LogP) is 4.30. The minimum atomic E-state index is 0.360. The summed E-state index contributed by atoms with van der Waals surface area (Å²) in [6.45, 7) is 3.13. The molecular formula is C17H19BrN2. The second-order valence-corrected chi connectivity index (χ2v) is 6.27. The first-order valence-electron chi connectivity index (χ1n) is 7.19. The average molecular weight is 331 g/mol. The van der Waals surface area contributed by atoms with Crippen molar-refractivity contribution < 1.29 is 0 Å². The Kier molecular flexibility index (Phi) is 4.18. The maximum Gasteiger partial charge on any atom is 0.0577 e. The van der Waals surface area contributed by atoms with Gasteiger partial charge in [0.2, 0.25) is 0 Å². The number of nitrogens with one attached hydrogen (secondary N) is 1. The summed E-state index contributed by atoms with van der Waals surface area (Å²) >= 11 is 3.45. The lowest BCUT2D eigenvalue weighted by molar-refractivity contribution is 0.476. The smallest absolute Gasteiger partial charge is 0.0577 e. The van der Waals surface area contributed by atoms with Gasteiger partial charge in [0.05, 0.1) is 11.7 Å². The van der Waals surface area contributed by atoms with Crippen LogP contribution in [0, 0.1) is 5.92 Å². The van der Waals surface area contributed by atoms with E-state index in [9.17, 15) is 0 Å². The van der Waals surface area contributed by atoms with Crippen molar-refractivity contribution in [2.45, 2.75) is 25.3 Å². The highest BCUT2D eigenvalue weighted by atomic mass is 79.9. The zero-order valence-electron chi connectivity index (χ0n) is 11.6. The summed E-state index contributed by atoms with van der Waals surface area (Å²) < 4.78 is 1.03. The molecule has 0 amide bonds. The molecular weight excluding hydrogens is 312 g/mol. The topological polar surface area (TPSA) is 24.9 Å². The first-order chi connectivity index (χ1) is 9.79. The van der Waals surface area contributed by atoms with Crippen molar-refractivity contribution in [1.82, 2.24) is 10.3 Å². The number of hydrogen-bond acceptors (Lipinski definition) is 2. The number of rotatable bonds is 5. The molecule has 0 radical (unpaired) electrons. The van der Waals surface area contributed by atoms with Gasteiger partial charge >= 0.3 is 0 Å². The van der Waals surface area contributed by atoms with Crippen LogP contribution in [-0.2, 0) is 0 Å². The third-order valence-corrected chi connectivity index (χ3v) is 4.46. The highest BCUT2D eigenvalue weighted by molar-refractivity contribution is 9.10. The molecule has 0 saturated heterocycles. The lowest BCUT2D eigenvalue weighted by Crippen LogP contribution is -2.24. The van der Waals surface area contributed by atoms with Crippen LogP contribution in [0.15, 0.2) is 53.1 Å². The van der Waals surface area contributed by atoms with E-state index in [1.807, 2.05) is 6.20 Å². The molecule has 0 spiro atoms. The van der Waals surface area contributed by atoms with Crippen molar-refractivity contribution in [1.29, 1.82) is 0 Å². The van der Waals surface area contributed by atoms with Crippen LogP contribution in [0.4, 0.5) is 0 Å². The van der Waals surface area contributed by atoms with Gasteiger partial charge in [0, 0.05) is 10.7 Å². The first-order valence-corrected chi connectivity index (χ1v) is 7.98. The van der Waals surface area contributed by atoms with Gasteiger partial charge in [0.25, 0.3) is 0 Å². The maximum absolute atomic E-state index is 4.58. The molecule has 1 aliphatic carbocycles. The molecule has 1 aromatic carbocycles. The number of aromatic nitrogens is 1. The van der Waals surface area contributed by atoms with E-state index in [-0.39, 0.29) is 0 Å². The van der Waals surface area contributed by atoms with Crippen LogP contribution in [0.3, 0.4) is 0 Å². The predicted molar refractivity (Wildman–Crippen MR) is 85.6 cm³/mol. The van der Waals surface area contributed by atoms with E-state index in [0.717, 1.165) is 16.7 Å². The minimum Gasteiger partial charge on any atom is -0.309 e. The lowest BCUT2D eigenvalue weighted by atomic mass is 10.0. The number of halogens is 1. The van der Waals surface area contributed by atoms with Gasteiger partial charge in [-0.3, -0.25) is 4.98 Å². The zero-order chi connectivity index (χ0) is 13.9. The van der Waals surface area contributed by atoms with Gasteiger partial charge in [-0.25, -0.2) is 0 Å². The summed E-state index contributed by atoms with van der Waals surface area (Å²) in [7, 11) is 0. The minimum absolute atomic E-state index is 0.360. The van der Waals surface area contributed by atoms with Crippen molar-refractivity contribution in [3.8, 4) is 0 Å². The highest BCUT2D eigenvalue weighted by Crippen LogP contribution is 2.53. The van der Waals surface area contributed by atoms with E-state index in [4.69, 9.17) is 0 Å². The van der Waals surface area contributed by atoms with Crippen LogP contribution in [0.1, 0.15) is 36.6 Å². The monoisotopic (exact) mass is 330 g/mol. The molecule has 2 nitrogen and oxygen atoms in total. The van der Waals surface area contributed by atoms with Crippen LogP contribution < -0.4 is 5.32 Å². The molecule has 3 heteroatoms. The summed E-state index contributed by atoms with van der Waals surface area (Å²) in [5.74, 6) is 1.33. The number of hydrogen-bond donors (Lipinski definition) is 1. The van der Waals surface area contributed by atoms with Crippen molar-refractivity contribution in [2.75, 3.05) is 6.54 Å². The molecule has 1 aromatic heterocycles. The van der Waals surface area contributed by atoms with Gasteiger partial charge in [-0.1, -0.05) is 37.3 Å². The molecule has 1 aliphatic rings. The van der Waals surface area contributed by atoms with Crippen LogP contribution in [0.25, 0.3) is 0 Å². The SMILES string of the molecule is CCNC(c1ccc(Br)cn1)C1CC1c1ccccc1. The molecule has 3 unspecified atom stereocenters. The summed E-state index contributed by atoms with van der Waals surface area (Å²) in [5, 5.41) is 3.60. The molecule has 20 heavy (non-hydrogen) atoms. The third kappa shape index (κ3) is 2.94. The highest BCUT2D eigenvalue weighted by Gasteiger charge is 2.44. The van der Waals surface area contributed by atoms with Gasteiger partial charge in [-0.2, -0.15) is 0 Å². The Morgan fingerprint density at radius 1 is 1.25 bits per heavy atom. The van der Waals surface area contributed by atoms with Crippen LogP contribution in [-0.4, -0.2) is 11.5 Å². The Balaban J connectivity index is 1.78. The summed E-state index contributed by atoms with van der Waals surface area (Å²) in [6, 6.07) is 15.4. The quantitative estimate of drug-likeness (QED) is 0.884. The fourth-order valence-electron chi connectivity index (χ4n) is 2.93. The Hall–Kier alpha value is -1.19. The lowest BCUT2D eigenvalue weighted by Gasteiger charge is -2.17. The van der Waals surface area contributed by atoms with E-state index >= 15 is 0 Å². The molecule has 2 aromatic rings. The molecule has 1 heterocycles. The maximum atomic E-state index is 4.58. The first kappa shape index (κ1) is 13.8. The normalized spacial score (nSPS) is 22.5. The summed E-state index contributed by atoms with van der Waals surface area (Å²) in [5.41, 5.74) is 2.61. The van der Waals surface area contributed by atoms with Gasteiger partial charge in [-0.15, -0.1) is 0 Å². The van der Waals surface area contributed by atoms with Crippen molar-refractivity contribution in [3.63, 3.8) is 0 Å². The van der Waals surface area contributed by atoms with E-state index in [1.165, 1.54) is 12.0 Å². The van der Waals surface area contributed by atoms with Gasteiger partial charge in [0.15, 0.2) is 0 Å². The second kappa shape index (κ2) is 6.06. The molecule has 0 aliphatic heterocycles. The number of nitrogens with zero attached hydrogens (tertiary/aromatic N) is 1. The molecule has 3 rings (SSSR count). The Bertz CT molecular complexity index is 553. The van der Waals surface area contributed by atoms with E-state index < -0.39 is 0 Å². The number of benzene rings is 1. The Labute approximate surface area is 128 Å². The molecule has 1 N–H and O–H groups in total. The van der Waals surface area contributed by atoms with Crippen molar-refractivity contribution in [2.24, 2.45) is 5.92 Å². The van der Waals surface area contributed by atoms with E-state index in [1.54, 1.807) is 0 Å². The van der Waals surface area contributed by atoms with Crippen LogP contribution in [0.2, 0.25) is 0 Å². The van der Waals surface area contributed by atoms with Crippen molar-refractivity contribution in [3.05, 3.63) is 64.4 Å². The van der Waals surface area contributed by atoms with Crippen LogP contribution in [0.5, 0.6) is 0 Å². The van der Waals surface area contributed by atoms with Gasteiger partial charge < -0.3 is 5.32 Å². The summed E-state index contributed by atoms with van der Waals surface area (Å²) in [6.07, 6.45) is 3.14. The van der Waals surface area contributed by atoms with Gasteiger partial charge in [-0.05, 0) is 58.4 Å². The standard InChI is InChI=1S/C17H19BrN2/c1-2-19-17(16-9-8-13(18)11-20-16)15-10-14(15)12-6-4-3-5-7-12/h3-9,11,14-15,17,19H,2,10H2,1H3. The number of pyridine rings is 1. The van der Waals surface area contributed by atoms with Crippen molar-refractivity contribution >= 4 is 15.9 Å². The molecule has 104 valence electrons. The molecule has 1 fully saturated rings. The Morgan fingerprint density at radius 3 is 2.70 bits per heavy atom. The molecule has 0 bridgehead atoms. The molecule has 3 atom stereocenters. The van der Waals surface area contributed by atoms with Gasteiger partial charge in [0.1, 0.15) is 0 Å². The Morgan fingerprint density at radius 2 is 2.05 bits per heavy atom. The zero-order valence-corrected chi connectivity index (χ0v) is 13.2. The van der Waals surface area contributed by atoms with Crippen LogP contribution >= 0.6 is 15.9 Å². The fraction of sp³-hybridized carbons (Fsp3) is 0.353. The average Bonchev–Trinajstić information content (AvgIpc) is 3.27. The van der Waals surface area contributed by atoms with E-state index in [0.29, 0.717) is 17.9 Å².